The largest absolute Gasteiger partial charge is 0.348 e. The minimum Gasteiger partial charge on any atom is -0.348 e. The fourth-order valence-corrected chi connectivity index (χ4v) is 2.82. The SMILES string of the molecule is CCN1CCCC(NC(=O)c2cc(F)ccc2Br)C1. The maximum atomic E-state index is 13.2. The first-order chi connectivity index (χ1) is 9.10. The lowest BCUT2D eigenvalue weighted by Crippen LogP contribution is -2.47. The van der Waals surface area contributed by atoms with Gasteiger partial charge in [0.05, 0.1) is 5.56 Å². The molecule has 0 saturated carbocycles. The number of benzene rings is 1. The van der Waals surface area contributed by atoms with Crippen molar-refractivity contribution in [3.63, 3.8) is 0 Å². The van der Waals surface area contributed by atoms with Gasteiger partial charge in [-0.1, -0.05) is 6.92 Å². The van der Waals surface area contributed by atoms with Gasteiger partial charge in [0.1, 0.15) is 5.82 Å². The zero-order valence-electron chi connectivity index (χ0n) is 11.0. The first-order valence-corrected chi connectivity index (χ1v) is 7.37. The second kappa shape index (κ2) is 6.48. The molecule has 0 bridgehead atoms. The summed E-state index contributed by atoms with van der Waals surface area (Å²) in [6.07, 6.45) is 2.07. The third-order valence-electron chi connectivity index (χ3n) is 3.46. The smallest absolute Gasteiger partial charge is 0.252 e. The average Bonchev–Trinajstić information content (AvgIpc) is 2.41. The molecule has 1 aromatic rings. The molecule has 0 spiro atoms. The van der Waals surface area contributed by atoms with Crippen LogP contribution in [0.4, 0.5) is 4.39 Å². The van der Waals surface area contributed by atoms with E-state index >= 15 is 0 Å². The van der Waals surface area contributed by atoms with Crippen molar-refractivity contribution in [3.8, 4) is 0 Å². The number of amides is 1. The number of carbonyl (C=O) groups excluding carboxylic acids is 1. The summed E-state index contributed by atoms with van der Waals surface area (Å²) in [5.74, 6) is -0.610. The fourth-order valence-electron chi connectivity index (χ4n) is 2.40. The van der Waals surface area contributed by atoms with Gasteiger partial charge in [0.25, 0.3) is 5.91 Å². The third-order valence-corrected chi connectivity index (χ3v) is 4.15. The van der Waals surface area contributed by atoms with E-state index in [9.17, 15) is 9.18 Å². The highest BCUT2D eigenvalue weighted by atomic mass is 79.9. The average molecular weight is 329 g/mol. The van der Waals surface area contributed by atoms with Crippen molar-refractivity contribution in [2.45, 2.75) is 25.8 Å². The number of hydrogen-bond donors (Lipinski definition) is 1. The van der Waals surface area contributed by atoms with Crippen LogP contribution in [0.5, 0.6) is 0 Å². The zero-order valence-corrected chi connectivity index (χ0v) is 12.5. The molecule has 1 unspecified atom stereocenters. The van der Waals surface area contributed by atoms with Crippen LogP contribution in [0.15, 0.2) is 22.7 Å². The lowest BCUT2D eigenvalue weighted by atomic mass is 10.1. The van der Waals surface area contributed by atoms with Gasteiger partial charge >= 0.3 is 0 Å². The molecule has 1 heterocycles. The molecule has 1 aliphatic rings. The molecule has 1 saturated heterocycles. The van der Waals surface area contributed by atoms with Gasteiger partial charge in [-0.2, -0.15) is 0 Å². The molecule has 1 fully saturated rings. The maximum Gasteiger partial charge on any atom is 0.252 e. The number of piperidine rings is 1. The van der Waals surface area contributed by atoms with E-state index in [1.54, 1.807) is 6.07 Å². The van der Waals surface area contributed by atoms with Gasteiger partial charge < -0.3 is 10.2 Å². The van der Waals surface area contributed by atoms with Crippen molar-refractivity contribution in [2.24, 2.45) is 0 Å². The van der Waals surface area contributed by atoms with E-state index in [-0.39, 0.29) is 11.9 Å². The standard InChI is InChI=1S/C14H18BrFN2O/c1-2-18-7-3-4-11(9-18)17-14(19)12-8-10(16)5-6-13(12)15/h5-6,8,11H,2-4,7,9H2,1H3,(H,17,19). The molecule has 19 heavy (non-hydrogen) atoms. The van der Waals surface area contributed by atoms with Crippen LogP contribution in [-0.4, -0.2) is 36.5 Å². The monoisotopic (exact) mass is 328 g/mol. The molecule has 1 aliphatic heterocycles. The highest BCUT2D eigenvalue weighted by Crippen LogP contribution is 2.18. The van der Waals surface area contributed by atoms with Crippen LogP contribution in [0.25, 0.3) is 0 Å². The highest BCUT2D eigenvalue weighted by molar-refractivity contribution is 9.10. The lowest BCUT2D eigenvalue weighted by molar-refractivity contribution is 0.0904. The van der Waals surface area contributed by atoms with Gasteiger partial charge in [-0.05, 0) is 60.1 Å². The topological polar surface area (TPSA) is 32.3 Å². The van der Waals surface area contributed by atoms with Gasteiger partial charge in [0.15, 0.2) is 0 Å². The molecule has 0 radical (unpaired) electrons. The lowest BCUT2D eigenvalue weighted by Gasteiger charge is -2.32. The molecule has 2 rings (SSSR count). The molecule has 1 atom stereocenters. The summed E-state index contributed by atoms with van der Waals surface area (Å²) in [4.78, 5) is 14.5. The second-order valence-electron chi connectivity index (χ2n) is 4.83. The summed E-state index contributed by atoms with van der Waals surface area (Å²) in [5, 5.41) is 2.99. The van der Waals surface area contributed by atoms with E-state index in [1.165, 1.54) is 12.1 Å². The Hall–Kier alpha value is -0.940. The van der Waals surface area contributed by atoms with Crippen LogP contribution in [0.2, 0.25) is 0 Å². The molecule has 104 valence electrons. The maximum absolute atomic E-state index is 13.2. The van der Waals surface area contributed by atoms with Crippen molar-refractivity contribution in [1.29, 1.82) is 0 Å². The van der Waals surface area contributed by atoms with E-state index in [2.05, 4.69) is 33.1 Å². The number of rotatable bonds is 3. The van der Waals surface area contributed by atoms with Crippen LogP contribution >= 0.6 is 15.9 Å². The van der Waals surface area contributed by atoms with Crippen molar-refractivity contribution in [1.82, 2.24) is 10.2 Å². The molecule has 1 aromatic carbocycles. The molecular weight excluding hydrogens is 311 g/mol. The van der Waals surface area contributed by atoms with Gasteiger partial charge in [0, 0.05) is 17.1 Å². The first-order valence-electron chi connectivity index (χ1n) is 6.58. The summed E-state index contributed by atoms with van der Waals surface area (Å²) < 4.78 is 13.8. The number of likely N-dealkylation sites (N-methyl/N-ethyl adjacent to an activating group) is 1. The van der Waals surface area contributed by atoms with Crippen molar-refractivity contribution in [3.05, 3.63) is 34.1 Å². The number of nitrogens with zero attached hydrogens (tertiary/aromatic N) is 1. The molecule has 1 amide bonds. The van der Waals surface area contributed by atoms with E-state index in [0.29, 0.717) is 10.0 Å². The van der Waals surface area contributed by atoms with Crippen LogP contribution < -0.4 is 5.32 Å². The first kappa shape index (κ1) is 14.5. The Morgan fingerprint density at radius 1 is 1.58 bits per heavy atom. The summed E-state index contributed by atoms with van der Waals surface area (Å²) in [6, 6.07) is 4.31. The van der Waals surface area contributed by atoms with E-state index in [0.717, 1.165) is 32.5 Å². The minimum atomic E-state index is -0.396. The Labute approximate surface area is 121 Å². The fraction of sp³-hybridized carbons (Fsp3) is 0.500. The van der Waals surface area contributed by atoms with Gasteiger partial charge in [-0.15, -0.1) is 0 Å². The molecule has 1 N–H and O–H groups in total. The Bertz CT molecular complexity index is 467. The second-order valence-corrected chi connectivity index (χ2v) is 5.68. The quantitative estimate of drug-likeness (QED) is 0.925. The van der Waals surface area contributed by atoms with Crippen molar-refractivity contribution < 1.29 is 9.18 Å². The number of nitrogens with one attached hydrogen (secondary N) is 1. The summed E-state index contributed by atoms with van der Waals surface area (Å²) in [5.41, 5.74) is 0.355. The van der Waals surface area contributed by atoms with Crippen LogP contribution in [0, 0.1) is 5.82 Å². The predicted molar refractivity (Wildman–Crippen MR) is 76.7 cm³/mol. The highest BCUT2D eigenvalue weighted by Gasteiger charge is 2.21. The predicted octanol–water partition coefficient (Wildman–Crippen LogP) is 2.80. The van der Waals surface area contributed by atoms with E-state index < -0.39 is 5.82 Å². The minimum absolute atomic E-state index is 0.149. The van der Waals surface area contributed by atoms with E-state index in [1.807, 2.05) is 0 Å². The van der Waals surface area contributed by atoms with Crippen LogP contribution in [0.1, 0.15) is 30.1 Å². The normalized spacial score (nSPS) is 20.3. The number of hydrogen-bond acceptors (Lipinski definition) is 2. The molecule has 0 aliphatic carbocycles. The molecule has 5 heteroatoms. The Balaban J connectivity index is 2.02. The van der Waals surface area contributed by atoms with E-state index in [4.69, 9.17) is 0 Å². The van der Waals surface area contributed by atoms with Gasteiger partial charge in [0.2, 0.25) is 0 Å². The Kier molecular flexibility index (Phi) is 4.93. The summed E-state index contributed by atoms with van der Waals surface area (Å²) >= 11 is 3.28. The number of halogens is 2. The van der Waals surface area contributed by atoms with Crippen molar-refractivity contribution in [2.75, 3.05) is 19.6 Å². The number of carbonyl (C=O) groups is 1. The number of likely N-dealkylation sites (tertiary alicyclic amines) is 1. The molecular formula is C14H18BrFN2O. The van der Waals surface area contributed by atoms with Gasteiger partial charge in [-0.25, -0.2) is 4.39 Å². The van der Waals surface area contributed by atoms with Crippen LogP contribution in [-0.2, 0) is 0 Å². The molecule has 0 aromatic heterocycles. The Morgan fingerprint density at radius 3 is 3.11 bits per heavy atom. The summed E-state index contributed by atoms with van der Waals surface area (Å²) in [7, 11) is 0. The van der Waals surface area contributed by atoms with Crippen molar-refractivity contribution >= 4 is 21.8 Å². The van der Waals surface area contributed by atoms with Gasteiger partial charge in [-0.3, -0.25) is 4.79 Å². The van der Waals surface area contributed by atoms with Crippen LogP contribution in [0.3, 0.4) is 0 Å². The summed E-state index contributed by atoms with van der Waals surface area (Å²) in [6.45, 7) is 5.07. The Morgan fingerprint density at radius 2 is 2.37 bits per heavy atom. The molecule has 3 nitrogen and oxygen atoms in total. The zero-order chi connectivity index (χ0) is 13.8. The third kappa shape index (κ3) is 3.76.